The van der Waals surface area contributed by atoms with Crippen molar-refractivity contribution in [1.29, 1.82) is 0 Å². The fraction of sp³-hybridized carbons (Fsp3) is 0.680. The minimum atomic E-state index is -3.37. The molecule has 3 N–H and O–H groups in total. The van der Waals surface area contributed by atoms with Gasteiger partial charge >= 0.3 is 0 Å². The summed E-state index contributed by atoms with van der Waals surface area (Å²) in [6, 6.07) is 3.02. The highest BCUT2D eigenvalue weighted by molar-refractivity contribution is 7.89. The number of sulfonamides is 1. The average Bonchev–Trinajstić information content (AvgIpc) is 3.33. The highest BCUT2D eigenvalue weighted by atomic mass is 35.5. The summed E-state index contributed by atoms with van der Waals surface area (Å²) in [6.07, 6.45) is 5.58. The Kier molecular flexibility index (Phi) is 7.61. The molecule has 0 saturated carbocycles. The number of aliphatic hydroxyl groups excluding tert-OH is 1. The fourth-order valence-electron chi connectivity index (χ4n) is 6.45. The third-order valence-electron chi connectivity index (χ3n) is 8.17. The Morgan fingerprint density at radius 1 is 1.14 bits per heavy atom. The second-order valence-corrected chi connectivity index (χ2v) is 13.0. The number of fused-ring (bicyclic) bond motifs is 3. The first-order chi connectivity index (χ1) is 17.2. The molecule has 4 heterocycles. The van der Waals surface area contributed by atoms with Crippen LogP contribution in [0.15, 0.2) is 12.1 Å². The number of carbonyl (C=O) groups is 2. The summed E-state index contributed by atoms with van der Waals surface area (Å²) < 4.78 is 28.6. The van der Waals surface area contributed by atoms with Gasteiger partial charge in [-0.3, -0.25) is 9.59 Å². The van der Waals surface area contributed by atoms with Gasteiger partial charge in [-0.2, -0.15) is 4.31 Å². The molecule has 3 fully saturated rings. The number of aliphatic hydroxyl groups is 1. The number of hydrogen-bond donors (Lipinski definition) is 3. The molecule has 1 aromatic rings. The van der Waals surface area contributed by atoms with E-state index < -0.39 is 10.0 Å². The Labute approximate surface area is 217 Å². The number of amides is 2. The maximum absolute atomic E-state index is 13.4. The fourth-order valence-corrected chi connectivity index (χ4v) is 9.09. The van der Waals surface area contributed by atoms with Gasteiger partial charge in [0, 0.05) is 37.0 Å². The molecule has 2 bridgehead atoms. The Morgan fingerprint density at radius 2 is 1.83 bits per heavy atom. The van der Waals surface area contributed by atoms with Crippen LogP contribution in [0.4, 0.5) is 5.69 Å². The molecule has 9 nitrogen and oxygen atoms in total. The zero-order valence-corrected chi connectivity index (χ0v) is 22.0. The predicted molar refractivity (Wildman–Crippen MR) is 138 cm³/mol. The van der Waals surface area contributed by atoms with Crippen molar-refractivity contribution in [2.75, 3.05) is 37.3 Å². The number of nitrogens with zero attached hydrogens (tertiary/aromatic N) is 2. The Balaban J connectivity index is 1.18. The molecule has 1 aromatic carbocycles. The van der Waals surface area contributed by atoms with E-state index in [-0.39, 0.29) is 54.6 Å². The highest BCUT2D eigenvalue weighted by Gasteiger charge is 2.47. The van der Waals surface area contributed by atoms with E-state index in [1.165, 1.54) is 0 Å². The van der Waals surface area contributed by atoms with Crippen LogP contribution in [-0.4, -0.2) is 84.7 Å². The average molecular weight is 539 g/mol. The van der Waals surface area contributed by atoms with Gasteiger partial charge in [-0.05, 0) is 81.6 Å². The number of halogens is 1. The number of hydrogen-bond acceptors (Lipinski definition) is 6. The third kappa shape index (κ3) is 5.43. The lowest BCUT2D eigenvalue weighted by Gasteiger charge is -2.39. The molecular weight excluding hydrogens is 504 g/mol. The summed E-state index contributed by atoms with van der Waals surface area (Å²) >= 11 is 6.33. The van der Waals surface area contributed by atoms with Crippen molar-refractivity contribution < 1.29 is 23.1 Å². The molecule has 0 aliphatic carbocycles. The summed E-state index contributed by atoms with van der Waals surface area (Å²) in [5.41, 5.74) is 1.75. The van der Waals surface area contributed by atoms with Crippen LogP contribution < -0.4 is 10.6 Å². The van der Waals surface area contributed by atoms with E-state index in [1.807, 2.05) is 0 Å². The monoisotopic (exact) mass is 538 g/mol. The van der Waals surface area contributed by atoms with Crippen molar-refractivity contribution >= 4 is 39.1 Å². The number of rotatable bonds is 8. The van der Waals surface area contributed by atoms with Crippen LogP contribution in [-0.2, 0) is 21.2 Å². The summed E-state index contributed by atoms with van der Waals surface area (Å²) in [5, 5.41) is 15.1. The first-order valence-electron chi connectivity index (χ1n) is 13.0. The summed E-state index contributed by atoms with van der Waals surface area (Å²) in [7, 11) is -3.37. The van der Waals surface area contributed by atoms with Gasteiger partial charge in [0.15, 0.2) is 0 Å². The Bertz CT molecular complexity index is 1110. The van der Waals surface area contributed by atoms with Crippen LogP contribution >= 0.6 is 11.6 Å². The van der Waals surface area contributed by atoms with E-state index in [1.54, 1.807) is 16.4 Å². The Morgan fingerprint density at radius 3 is 2.50 bits per heavy atom. The number of piperidine rings is 2. The molecule has 0 spiro atoms. The molecular formula is C25H35ClN4O5S. The maximum Gasteiger partial charge on any atom is 0.253 e. The highest BCUT2D eigenvalue weighted by Crippen LogP contribution is 2.39. The van der Waals surface area contributed by atoms with Crippen molar-refractivity contribution in [3.8, 4) is 0 Å². The minimum Gasteiger partial charge on any atom is -0.396 e. The number of nitrogens with one attached hydrogen (secondary N) is 2. The normalized spacial score (nSPS) is 27.2. The van der Waals surface area contributed by atoms with Crippen molar-refractivity contribution in [2.45, 2.75) is 69.5 Å². The first kappa shape index (κ1) is 25.9. The molecule has 198 valence electrons. The smallest absolute Gasteiger partial charge is 0.253 e. The standard InChI is InChI=1S/C25H35ClN4O5S/c26-22-14-23-17(11-24(32)28-23)10-21(22)25(33)27-18-12-19-2-3-20(13-18)30(19)36(34,35)15-16-4-7-29(8-5-16)6-1-9-31/h10,14,16,18-20,31H,1-9,11-13,15H2,(H,27,33)(H,28,32)/t18?,19-,20+. The predicted octanol–water partition coefficient (Wildman–Crippen LogP) is 1.98. The van der Waals surface area contributed by atoms with Gasteiger partial charge in [-0.1, -0.05) is 11.6 Å². The summed E-state index contributed by atoms with van der Waals surface area (Å²) in [4.78, 5) is 27.0. The van der Waals surface area contributed by atoms with E-state index in [0.29, 0.717) is 29.1 Å². The van der Waals surface area contributed by atoms with Crippen molar-refractivity contribution in [3.05, 3.63) is 28.3 Å². The number of anilines is 1. The van der Waals surface area contributed by atoms with Crippen LogP contribution in [0.1, 0.15) is 60.9 Å². The number of benzene rings is 1. The molecule has 36 heavy (non-hydrogen) atoms. The largest absolute Gasteiger partial charge is 0.396 e. The molecule has 4 aliphatic heterocycles. The molecule has 2 amide bonds. The third-order valence-corrected chi connectivity index (χ3v) is 10.6. The summed E-state index contributed by atoms with van der Waals surface area (Å²) in [5.74, 6) is -0.0325. The first-order valence-corrected chi connectivity index (χ1v) is 15.0. The van der Waals surface area contributed by atoms with Crippen LogP contribution in [0.3, 0.4) is 0 Å². The Hall–Kier alpha value is -1.72. The van der Waals surface area contributed by atoms with Gasteiger partial charge in [-0.25, -0.2) is 8.42 Å². The molecule has 11 heteroatoms. The maximum atomic E-state index is 13.4. The van der Waals surface area contributed by atoms with E-state index in [4.69, 9.17) is 16.7 Å². The van der Waals surface area contributed by atoms with E-state index >= 15 is 0 Å². The van der Waals surface area contributed by atoms with E-state index in [9.17, 15) is 18.0 Å². The zero-order valence-electron chi connectivity index (χ0n) is 20.4. The van der Waals surface area contributed by atoms with Crippen molar-refractivity contribution in [2.24, 2.45) is 5.92 Å². The van der Waals surface area contributed by atoms with Crippen molar-refractivity contribution in [3.63, 3.8) is 0 Å². The van der Waals surface area contributed by atoms with Crippen LogP contribution in [0.2, 0.25) is 5.02 Å². The van der Waals surface area contributed by atoms with Gasteiger partial charge in [0.25, 0.3) is 5.91 Å². The van der Waals surface area contributed by atoms with E-state index in [2.05, 4.69) is 15.5 Å². The lowest BCUT2D eigenvalue weighted by Crippen LogP contribution is -2.53. The van der Waals surface area contributed by atoms with Gasteiger partial charge in [0.05, 0.1) is 22.8 Å². The molecule has 3 saturated heterocycles. The molecule has 3 atom stereocenters. The SMILES string of the molecule is O=C1Cc2cc(C(=O)NC3C[C@H]4CC[C@@H](C3)N4S(=O)(=O)CC3CCN(CCCO)CC3)c(Cl)cc2N1. The van der Waals surface area contributed by atoms with Crippen LogP contribution in [0.5, 0.6) is 0 Å². The van der Waals surface area contributed by atoms with Gasteiger partial charge < -0.3 is 20.6 Å². The second kappa shape index (κ2) is 10.6. The van der Waals surface area contributed by atoms with E-state index in [0.717, 1.165) is 57.3 Å². The zero-order chi connectivity index (χ0) is 25.4. The molecule has 0 radical (unpaired) electrons. The van der Waals surface area contributed by atoms with Crippen LogP contribution in [0, 0.1) is 5.92 Å². The molecule has 1 unspecified atom stereocenters. The van der Waals surface area contributed by atoms with Gasteiger partial charge in [-0.15, -0.1) is 0 Å². The molecule has 5 rings (SSSR count). The van der Waals surface area contributed by atoms with Gasteiger partial charge in [0.1, 0.15) is 0 Å². The number of likely N-dealkylation sites (tertiary alicyclic amines) is 1. The van der Waals surface area contributed by atoms with Gasteiger partial charge in [0.2, 0.25) is 15.9 Å². The quantitative estimate of drug-likeness (QED) is 0.466. The van der Waals surface area contributed by atoms with Crippen LogP contribution in [0.25, 0.3) is 0 Å². The molecule has 0 aromatic heterocycles. The lowest BCUT2D eigenvalue weighted by molar-refractivity contribution is -0.115. The number of carbonyl (C=O) groups excluding carboxylic acids is 2. The lowest BCUT2D eigenvalue weighted by atomic mass is 9.99. The molecule has 4 aliphatic rings. The topological polar surface area (TPSA) is 119 Å². The minimum absolute atomic E-state index is 0.0824. The second-order valence-electron chi connectivity index (χ2n) is 10.7. The summed E-state index contributed by atoms with van der Waals surface area (Å²) in [6.45, 7) is 2.82. The van der Waals surface area contributed by atoms with Crippen molar-refractivity contribution in [1.82, 2.24) is 14.5 Å².